The van der Waals surface area contributed by atoms with Gasteiger partial charge in [0.2, 0.25) is 0 Å². The van der Waals surface area contributed by atoms with E-state index in [1.807, 2.05) is 0 Å². The maximum atomic E-state index is 6.10. The van der Waals surface area contributed by atoms with Gasteiger partial charge in [-0.15, -0.1) is 0 Å². The van der Waals surface area contributed by atoms with E-state index < -0.39 is 0 Å². The minimum atomic E-state index is 0.364. The van der Waals surface area contributed by atoms with Crippen LogP contribution in [0.4, 0.5) is 5.69 Å². The van der Waals surface area contributed by atoms with Crippen LogP contribution in [0.25, 0.3) is 10.8 Å². The van der Waals surface area contributed by atoms with Crippen molar-refractivity contribution in [3.8, 4) is 5.75 Å². The van der Waals surface area contributed by atoms with Crippen molar-refractivity contribution in [3.63, 3.8) is 0 Å². The molecule has 0 spiro atoms. The standard InChI is InChI=1S/C28H34N2O/c1-22(30-18-14-24-8-2-3-9-28(24)30)25-11-10-23-12-13-27(21-26(23)20-25)31-19-7-6-17-29-15-4-5-16-29/h2-3,8-13,20-22H,4-7,14-19H2,1H3/t22-/m0/s1. The van der Waals surface area contributed by atoms with Crippen LogP contribution in [0.3, 0.4) is 0 Å². The molecule has 3 nitrogen and oxygen atoms in total. The number of para-hydroxylation sites is 1. The van der Waals surface area contributed by atoms with Gasteiger partial charge in [-0.2, -0.15) is 0 Å². The van der Waals surface area contributed by atoms with Gasteiger partial charge in [-0.1, -0.05) is 36.4 Å². The number of hydrogen-bond donors (Lipinski definition) is 0. The first-order chi connectivity index (χ1) is 15.3. The summed E-state index contributed by atoms with van der Waals surface area (Å²) in [4.78, 5) is 5.12. The normalized spacial score (nSPS) is 17.3. The molecule has 3 aromatic rings. The highest BCUT2D eigenvalue weighted by molar-refractivity contribution is 5.84. The molecule has 0 aromatic heterocycles. The highest BCUT2D eigenvalue weighted by Crippen LogP contribution is 2.35. The highest BCUT2D eigenvalue weighted by Gasteiger charge is 2.24. The SMILES string of the molecule is C[C@@H](c1ccc2ccc(OCCCCN3CCCC3)cc2c1)N1CCc2ccccc21. The zero-order valence-electron chi connectivity index (χ0n) is 18.7. The predicted octanol–water partition coefficient (Wildman–Crippen LogP) is 6.22. The van der Waals surface area contributed by atoms with E-state index in [9.17, 15) is 0 Å². The van der Waals surface area contributed by atoms with Gasteiger partial charge in [0.1, 0.15) is 5.75 Å². The first-order valence-electron chi connectivity index (χ1n) is 12.0. The summed E-state index contributed by atoms with van der Waals surface area (Å²) in [6.07, 6.45) is 6.24. The molecule has 0 saturated carbocycles. The number of rotatable bonds is 8. The monoisotopic (exact) mass is 414 g/mol. The van der Waals surface area contributed by atoms with Crippen LogP contribution in [0.5, 0.6) is 5.75 Å². The summed E-state index contributed by atoms with van der Waals surface area (Å²) < 4.78 is 6.10. The molecule has 31 heavy (non-hydrogen) atoms. The molecule has 3 heteroatoms. The van der Waals surface area contributed by atoms with Crippen LogP contribution < -0.4 is 9.64 Å². The third-order valence-corrected chi connectivity index (χ3v) is 7.04. The quantitative estimate of drug-likeness (QED) is 0.407. The lowest BCUT2D eigenvalue weighted by atomic mass is 10.0. The molecular weight excluding hydrogens is 380 g/mol. The summed E-state index contributed by atoms with van der Waals surface area (Å²) in [5.74, 6) is 0.991. The van der Waals surface area contributed by atoms with Crippen LogP contribution in [-0.2, 0) is 6.42 Å². The number of hydrogen-bond acceptors (Lipinski definition) is 3. The van der Waals surface area contributed by atoms with Crippen molar-refractivity contribution in [2.75, 3.05) is 37.7 Å². The first-order valence-corrected chi connectivity index (χ1v) is 12.0. The molecule has 0 N–H and O–H groups in total. The largest absolute Gasteiger partial charge is 0.494 e. The van der Waals surface area contributed by atoms with Crippen LogP contribution >= 0.6 is 0 Å². The van der Waals surface area contributed by atoms with Gasteiger partial charge >= 0.3 is 0 Å². The molecule has 162 valence electrons. The average Bonchev–Trinajstić information content (AvgIpc) is 3.48. The Kier molecular flexibility index (Phi) is 6.13. The zero-order chi connectivity index (χ0) is 21.0. The summed E-state index contributed by atoms with van der Waals surface area (Å²) >= 11 is 0. The van der Waals surface area contributed by atoms with Gasteiger partial charge in [-0.05, 0) is 105 Å². The molecule has 0 amide bonds. The van der Waals surface area contributed by atoms with Gasteiger partial charge in [0, 0.05) is 12.2 Å². The number of benzene rings is 3. The molecule has 1 fully saturated rings. The highest BCUT2D eigenvalue weighted by atomic mass is 16.5. The van der Waals surface area contributed by atoms with E-state index in [0.29, 0.717) is 6.04 Å². The topological polar surface area (TPSA) is 15.7 Å². The fraction of sp³-hybridized carbons (Fsp3) is 0.429. The number of fused-ring (bicyclic) bond motifs is 2. The average molecular weight is 415 g/mol. The van der Waals surface area contributed by atoms with Crippen molar-refractivity contribution in [1.29, 1.82) is 0 Å². The summed E-state index contributed by atoms with van der Waals surface area (Å²) in [7, 11) is 0. The second-order valence-electron chi connectivity index (χ2n) is 9.12. The Morgan fingerprint density at radius 2 is 1.71 bits per heavy atom. The minimum absolute atomic E-state index is 0.364. The van der Waals surface area contributed by atoms with Gasteiger partial charge in [0.15, 0.2) is 0 Å². The molecule has 0 unspecified atom stereocenters. The maximum Gasteiger partial charge on any atom is 0.119 e. The van der Waals surface area contributed by atoms with Crippen LogP contribution in [-0.4, -0.2) is 37.7 Å². The Hall–Kier alpha value is -2.52. The van der Waals surface area contributed by atoms with Crippen LogP contribution in [0.2, 0.25) is 0 Å². The van der Waals surface area contributed by atoms with Gasteiger partial charge in [-0.3, -0.25) is 0 Å². The van der Waals surface area contributed by atoms with Gasteiger partial charge < -0.3 is 14.5 Å². The third kappa shape index (κ3) is 4.57. The zero-order valence-corrected chi connectivity index (χ0v) is 18.7. The summed E-state index contributed by atoms with van der Waals surface area (Å²) in [5.41, 5.74) is 4.23. The molecule has 3 aromatic carbocycles. The van der Waals surface area contributed by atoms with E-state index in [2.05, 4.69) is 77.4 Å². The lowest BCUT2D eigenvalue weighted by molar-refractivity contribution is 0.280. The molecule has 1 atom stereocenters. The number of nitrogens with zero attached hydrogens (tertiary/aromatic N) is 2. The lowest BCUT2D eigenvalue weighted by Crippen LogP contribution is -2.24. The number of anilines is 1. The van der Waals surface area contributed by atoms with Gasteiger partial charge in [-0.25, -0.2) is 0 Å². The fourth-order valence-electron chi connectivity index (χ4n) is 5.17. The minimum Gasteiger partial charge on any atom is -0.494 e. The Balaban J connectivity index is 1.23. The summed E-state index contributed by atoms with van der Waals surface area (Å²) in [6, 6.07) is 22.6. The Morgan fingerprint density at radius 1 is 0.871 bits per heavy atom. The predicted molar refractivity (Wildman–Crippen MR) is 130 cm³/mol. The smallest absolute Gasteiger partial charge is 0.119 e. The van der Waals surface area contributed by atoms with E-state index in [1.165, 1.54) is 66.5 Å². The van der Waals surface area contributed by atoms with Crippen molar-refractivity contribution in [3.05, 3.63) is 71.8 Å². The molecular formula is C28H34N2O. The van der Waals surface area contributed by atoms with E-state index >= 15 is 0 Å². The molecule has 5 rings (SSSR count). The molecule has 2 aliphatic heterocycles. The molecule has 1 saturated heterocycles. The molecule has 0 aliphatic carbocycles. The number of likely N-dealkylation sites (tertiary alicyclic amines) is 1. The van der Waals surface area contributed by atoms with Crippen LogP contribution in [0.15, 0.2) is 60.7 Å². The van der Waals surface area contributed by atoms with Crippen molar-refractivity contribution >= 4 is 16.5 Å². The van der Waals surface area contributed by atoms with Crippen molar-refractivity contribution < 1.29 is 4.74 Å². The summed E-state index contributed by atoms with van der Waals surface area (Å²) in [5, 5.41) is 2.55. The third-order valence-electron chi connectivity index (χ3n) is 7.04. The van der Waals surface area contributed by atoms with E-state index in [0.717, 1.165) is 31.7 Å². The summed E-state index contributed by atoms with van der Waals surface area (Å²) in [6.45, 7) is 8.02. The maximum absolute atomic E-state index is 6.10. The number of unbranched alkanes of at least 4 members (excludes halogenated alkanes) is 1. The van der Waals surface area contributed by atoms with E-state index in [4.69, 9.17) is 4.74 Å². The fourth-order valence-corrected chi connectivity index (χ4v) is 5.17. The lowest BCUT2D eigenvalue weighted by Gasteiger charge is -2.28. The molecule has 0 radical (unpaired) electrons. The Morgan fingerprint density at radius 3 is 2.61 bits per heavy atom. The molecule has 0 bridgehead atoms. The van der Waals surface area contributed by atoms with Crippen LogP contribution in [0.1, 0.15) is 49.8 Å². The second-order valence-corrected chi connectivity index (χ2v) is 9.12. The van der Waals surface area contributed by atoms with E-state index in [-0.39, 0.29) is 0 Å². The van der Waals surface area contributed by atoms with Gasteiger partial charge in [0.05, 0.1) is 12.6 Å². The molecule has 2 heterocycles. The van der Waals surface area contributed by atoms with Crippen molar-refractivity contribution in [1.82, 2.24) is 4.90 Å². The van der Waals surface area contributed by atoms with Crippen molar-refractivity contribution in [2.45, 2.75) is 45.1 Å². The first kappa shape index (κ1) is 20.4. The Labute approximate surface area is 186 Å². The van der Waals surface area contributed by atoms with Gasteiger partial charge in [0.25, 0.3) is 0 Å². The van der Waals surface area contributed by atoms with Crippen LogP contribution in [0, 0.1) is 0 Å². The second kappa shape index (κ2) is 9.32. The molecule has 2 aliphatic rings. The number of ether oxygens (including phenoxy) is 1. The Bertz CT molecular complexity index is 1020. The van der Waals surface area contributed by atoms with Crippen molar-refractivity contribution in [2.24, 2.45) is 0 Å². The van der Waals surface area contributed by atoms with E-state index in [1.54, 1.807) is 0 Å².